The highest BCUT2D eigenvalue weighted by Crippen LogP contribution is 2.19. The molecule has 0 aliphatic heterocycles. The van der Waals surface area contributed by atoms with E-state index in [1.165, 1.54) is 11.8 Å². The van der Waals surface area contributed by atoms with E-state index in [1.54, 1.807) is 23.0 Å². The maximum Gasteiger partial charge on any atom is 0.313 e. The third-order valence-electron chi connectivity index (χ3n) is 2.23. The lowest BCUT2D eigenvalue weighted by atomic mass is 10.4. The zero-order valence-corrected chi connectivity index (χ0v) is 11.4. The third kappa shape index (κ3) is 3.08. The van der Waals surface area contributed by atoms with Gasteiger partial charge in [0.25, 0.3) is 0 Å². The topological polar surface area (TPSA) is 80.9 Å². The fourth-order valence-electron chi connectivity index (χ4n) is 1.45. The second-order valence-corrected chi connectivity index (χ2v) is 5.40. The summed E-state index contributed by atoms with van der Waals surface area (Å²) in [4.78, 5) is 15.7. The highest BCUT2D eigenvalue weighted by Gasteiger charge is 2.13. The molecule has 2 aromatic rings. The van der Waals surface area contributed by atoms with Crippen molar-refractivity contribution in [2.45, 2.75) is 25.0 Å². The first-order chi connectivity index (χ1) is 8.70. The van der Waals surface area contributed by atoms with E-state index < -0.39 is 5.97 Å². The van der Waals surface area contributed by atoms with Gasteiger partial charge in [0.2, 0.25) is 0 Å². The van der Waals surface area contributed by atoms with Gasteiger partial charge >= 0.3 is 5.97 Å². The zero-order valence-electron chi connectivity index (χ0n) is 9.74. The number of hydrogen-bond acceptors (Lipinski definition) is 6. The number of thioether (sulfide) groups is 1. The number of aryl methyl sites for hydroxylation is 1. The Hall–Kier alpha value is -1.41. The molecule has 0 aromatic carbocycles. The number of aliphatic carboxylic acids is 1. The van der Waals surface area contributed by atoms with Gasteiger partial charge in [-0.3, -0.25) is 9.78 Å². The lowest BCUT2D eigenvalue weighted by Crippen LogP contribution is -2.06. The molecule has 0 saturated heterocycles. The van der Waals surface area contributed by atoms with Crippen LogP contribution >= 0.6 is 23.1 Å². The molecule has 6 nitrogen and oxygen atoms in total. The van der Waals surface area contributed by atoms with Crippen LogP contribution in [0.3, 0.4) is 0 Å². The lowest BCUT2D eigenvalue weighted by Gasteiger charge is -2.06. The van der Waals surface area contributed by atoms with Crippen LogP contribution in [0.5, 0.6) is 0 Å². The summed E-state index contributed by atoms with van der Waals surface area (Å²) in [5, 5.41) is 17.5. The van der Waals surface area contributed by atoms with Crippen LogP contribution in [0.4, 0.5) is 0 Å². The van der Waals surface area contributed by atoms with E-state index >= 15 is 0 Å². The first-order valence-corrected chi connectivity index (χ1v) is 7.21. The minimum absolute atomic E-state index is 0.00939. The molecule has 0 fully saturated rings. The summed E-state index contributed by atoms with van der Waals surface area (Å²) >= 11 is 2.75. The van der Waals surface area contributed by atoms with Gasteiger partial charge in [-0.05, 0) is 0 Å². The smallest absolute Gasteiger partial charge is 0.313 e. The van der Waals surface area contributed by atoms with Gasteiger partial charge in [0.15, 0.2) is 5.16 Å². The van der Waals surface area contributed by atoms with Crippen LogP contribution in [0.2, 0.25) is 0 Å². The number of rotatable bonds is 6. The second kappa shape index (κ2) is 5.96. The fraction of sp³-hybridized carbons (Fsp3) is 0.400. The number of carbonyl (C=O) groups is 1. The molecular formula is C10H12N4O2S2. The average molecular weight is 284 g/mol. The first-order valence-electron chi connectivity index (χ1n) is 5.34. The van der Waals surface area contributed by atoms with Crippen LogP contribution in [0, 0.1) is 0 Å². The molecule has 1 N–H and O–H groups in total. The van der Waals surface area contributed by atoms with Crippen LogP contribution < -0.4 is 0 Å². The summed E-state index contributed by atoms with van der Waals surface area (Å²) < 4.78 is 1.95. The molecule has 2 heterocycles. The Kier molecular flexibility index (Phi) is 4.32. The Morgan fingerprint density at radius 3 is 3.00 bits per heavy atom. The van der Waals surface area contributed by atoms with E-state index in [4.69, 9.17) is 5.11 Å². The molecule has 0 bridgehead atoms. The van der Waals surface area contributed by atoms with Crippen molar-refractivity contribution in [3.8, 4) is 0 Å². The molecule has 96 valence electrons. The van der Waals surface area contributed by atoms with Crippen LogP contribution in [0.25, 0.3) is 0 Å². The van der Waals surface area contributed by atoms with E-state index in [-0.39, 0.29) is 5.75 Å². The monoisotopic (exact) mass is 284 g/mol. The van der Waals surface area contributed by atoms with E-state index in [0.29, 0.717) is 11.7 Å². The van der Waals surface area contributed by atoms with Crippen LogP contribution in [-0.2, 0) is 17.8 Å². The molecule has 0 unspecified atom stereocenters. The quantitative estimate of drug-likeness (QED) is 0.810. The molecular weight excluding hydrogens is 272 g/mol. The highest BCUT2D eigenvalue weighted by molar-refractivity contribution is 7.99. The van der Waals surface area contributed by atoms with Gasteiger partial charge in [-0.15, -0.1) is 21.5 Å². The van der Waals surface area contributed by atoms with Crippen molar-refractivity contribution in [2.75, 3.05) is 5.75 Å². The Labute approximate surface area is 112 Å². The van der Waals surface area contributed by atoms with Crippen molar-refractivity contribution in [1.82, 2.24) is 19.7 Å². The number of nitrogens with zero attached hydrogens (tertiary/aromatic N) is 4. The summed E-state index contributed by atoms with van der Waals surface area (Å²) in [7, 11) is 0. The van der Waals surface area contributed by atoms with E-state index in [1.807, 2.05) is 11.5 Å². The first kappa shape index (κ1) is 13.0. The van der Waals surface area contributed by atoms with Crippen molar-refractivity contribution in [3.05, 3.63) is 22.4 Å². The lowest BCUT2D eigenvalue weighted by molar-refractivity contribution is -0.133. The summed E-state index contributed by atoms with van der Waals surface area (Å²) in [5.74, 6) is -0.00783. The predicted octanol–water partition coefficient (Wildman–Crippen LogP) is 1.52. The van der Waals surface area contributed by atoms with Gasteiger partial charge in [0.1, 0.15) is 5.82 Å². The van der Waals surface area contributed by atoms with Crippen molar-refractivity contribution >= 4 is 29.1 Å². The Morgan fingerprint density at radius 2 is 2.39 bits per heavy atom. The number of carboxylic acid groups (broad SMARTS) is 1. The van der Waals surface area contributed by atoms with Gasteiger partial charge in [0.05, 0.1) is 17.8 Å². The minimum atomic E-state index is -0.856. The summed E-state index contributed by atoms with van der Waals surface area (Å²) in [6.07, 6.45) is 2.56. The van der Waals surface area contributed by atoms with Gasteiger partial charge < -0.3 is 9.67 Å². The normalized spacial score (nSPS) is 10.7. The standard InChI is InChI=1S/C10H12N4O2S2/c1-2-8-12-13-10(17-5-9(15)16)14(8)4-7-3-11-6-18-7/h3,6H,2,4-5H2,1H3,(H,15,16). The zero-order chi connectivity index (χ0) is 13.0. The maximum absolute atomic E-state index is 10.6. The molecule has 18 heavy (non-hydrogen) atoms. The molecule has 8 heteroatoms. The van der Waals surface area contributed by atoms with Crippen LogP contribution in [0.1, 0.15) is 17.6 Å². The minimum Gasteiger partial charge on any atom is -0.481 e. The molecule has 2 rings (SSSR count). The van der Waals surface area contributed by atoms with Gasteiger partial charge in [-0.25, -0.2) is 0 Å². The van der Waals surface area contributed by atoms with Gasteiger partial charge in [0, 0.05) is 17.5 Å². The van der Waals surface area contributed by atoms with E-state index in [9.17, 15) is 4.79 Å². The van der Waals surface area contributed by atoms with Crippen LogP contribution in [-0.4, -0.2) is 36.6 Å². The third-order valence-corrected chi connectivity index (χ3v) is 3.95. The second-order valence-electron chi connectivity index (χ2n) is 3.49. The number of hydrogen-bond donors (Lipinski definition) is 1. The molecule has 0 saturated carbocycles. The van der Waals surface area contributed by atoms with Crippen molar-refractivity contribution in [3.63, 3.8) is 0 Å². The average Bonchev–Trinajstić information content (AvgIpc) is 2.97. The fourth-order valence-corrected chi connectivity index (χ4v) is 2.71. The molecule has 0 amide bonds. The summed E-state index contributed by atoms with van der Waals surface area (Å²) in [5.41, 5.74) is 1.77. The number of thiazole rings is 1. The predicted molar refractivity (Wildman–Crippen MR) is 69.0 cm³/mol. The van der Waals surface area contributed by atoms with E-state index in [0.717, 1.165) is 17.1 Å². The number of aromatic nitrogens is 4. The van der Waals surface area contributed by atoms with Gasteiger partial charge in [-0.2, -0.15) is 0 Å². The summed E-state index contributed by atoms with van der Waals surface area (Å²) in [6, 6.07) is 0. The van der Waals surface area contributed by atoms with Crippen molar-refractivity contribution in [2.24, 2.45) is 0 Å². The Balaban J connectivity index is 2.19. The Bertz CT molecular complexity index is 524. The largest absolute Gasteiger partial charge is 0.481 e. The molecule has 0 aliphatic carbocycles. The van der Waals surface area contributed by atoms with Crippen molar-refractivity contribution < 1.29 is 9.90 Å². The Morgan fingerprint density at radius 1 is 1.56 bits per heavy atom. The molecule has 0 spiro atoms. The van der Waals surface area contributed by atoms with Gasteiger partial charge in [-0.1, -0.05) is 18.7 Å². The van der Waals surface area contributed by atoms with Crippen molar-refractivity contribution in [1.29, 1.82) is 0 Å². The summed E-state index contributed by atoms with van der Waals surface area (Å²) in [6.45, 7) is 2.64. The highest BCUT2D eigenvalue weighted by atomic mass is 32.2. The maximum atomic E-state index is 10.6. The molecule has 0 aliphatic rings. The SMILES string of the molecule is CCc1nnc(SCC(=O)O)n1Cc1cncs1. The number of carboxylic acids is 1. The molecule has 2 aromatic heterocycles. The molecule has 0 radical (unpaired) electrons. The van der Waals surface area contributed by atoms with Crippen LogP contribution in [0.15, 0.2) is 16.9 Å². The molecule has 0 atom stereocenters. The van der Waals surface area contributed by atoms with E-state index in [2.05, 4.69) is 15.2 Å².